The zero-order valence-corrected chi connectivity index (χ0v) is 12.4. The van der Waals surface area contributed by atoms with Gasteiger partial charge in [-0.25, -0.2) is 0 Å². The van der Waals surface area contributed by atoms with Gasteiger partial charge in [0.2, 0.25) is 0 Å². The minimum Gasteiger partial charge on any atom is -0.314 e. The Balaban J connectivity index is 1.62. The molecule has 0 aromatic carbocycles. The van der Waals surface area contributed by atoms with E-state index in [1.165, 1.54) is 44.3 Å². The van der Waals surface area contributed by atoms with Crippen molar-refractivity contribution in [3.05, 3.63) is 18.0 Å². The molecule has 0 saturated carbocycles. The maximum absolute atomic E-state index is 4.40. The molecule has 0 aliphatic carbocycles. The number of nitrogens with zero attached hydrogens (tertiary/aromatic N) is 2. The van der Waals surface area contributed by atoms with Crippen LogP contribution in [0.5, 0.6) is 0 Å². The van der Waals surface area contributed by atoms with Gasteiger partial charge in [0, 0.05) is 38.3 Å². The van der Waals surface area contributed by atoms with E-state index in [-0.39, 0.29) is 0 Å². The monoisotopic (exact) mass is 264 g/mol. The lowest BCUT2D eigenvalue weighted by molar-refractivity contribution is 0.404. The molecule has 0 radical (unpaired) electrons. The third-order valence-corrected chi connectivity index (χ3v) is 3.94. The molecule has 4 nitrogen and oxygen atoms in total. The van der Waals surface area contributed by atoms with Crippen LogP contribution in [0.3, 0.4) is 0 Å². The summed E-state index contributed by atoms with van der Waals surface area (Å²) >= 11 is 0. The quantitative estimate of drug-likeness (QED) is 0.824. The van der Waals surface area contributed by atoms with Crippen molar-refractivity contribution in [3.8, 4) is 0 Å². The topological polar surface area (TPSA) is 41.9 Å². The smallest absolute Gasteiger partial charge is 0.0637 e. The van der Waals surface area contributed by atoms with Gasteiger partial charge in [-0.2, -0.15) is 5.10 Å². The van der Waals surface area contributed by atoms with Gasteiger partial charge in [-0.3, -0.25) is 4.68 Å². The third kappa shape index (κ3) is 5.33. The zero-order valence-electron chi connectivity index (χ0n) is 12.4. The largest absolute Gasteiger partial charge is 0.314 e. The van der Waals surface area contributed by atoms with Gasteiger partial charge < -0.3 is 10.6 Å². The molecule has 2 atom stereocenters. The van der Waals surface area contributed by atoms with E-state index >= 15 is 0 Å². The Morgan fingerprint density at radius 1 is 1.47 bits per heavy atom. The highest BCUT2D eigenvalue weighted by atomic mass is 15.2. The van der Waals surface area contributed by atoms with Crippen LogP contribution in [0, 0.1) is 0 Å². The van der Waals surface area contributed by atoms with Crippen molar-refractivity contribution in [2.45, 2.75) is 57.5 Å². The Kier molecular flexibility index (Phi) is 5.86. The molecule has 1 aromatic rings. The summed E-state index contributed by atoms with van der Waals surface area (Å²) in [7, 11) is 1.97. The lowest BCUT2D eigenvalue weighted by Crippen LogP contribution is -2.37. The second kappa shape index (κ2) is 7.65. The first kappa shape index (κ1) is 14.5. The average molecular weight is 264 g/mol. The van der Waals surface area contributed by atoms with Crippen LogP contribution in [0.25, 0.3) is 0 Å². The summed E-state index contributed by atoms with van der Waals surface area (Å²) in [6, 6.07) is 3.39. The number of nitrogens with one attached hydrogen (secondary N) is 2. The minimum atomic E-state index is 0.583. The molecule has 19 heavy (non-hydrogen) atoms. The fraction of sp³-hybridized carbons (Fsp3) is 0.800. The van der Waals surface area contributed by atoms with Gasteiger partial charge >= 0.3 is 0 Å². The van der Waals surface area contributed by atoms with Gasteiger partial charge in [-0.05, 0) is 38.8 Å². The highest BCUT2D eigenvalue weighted by molar-refractivity contribution is 4.99. The summed E-state index contributed by atoms with van der Waals surface area (Å²) in [5, 5.41) is 11.7. The summed E-state index contributed by atoms with van der Waals surface area (Å²) < 4.78 is 1.87. The molecule has 1 fully saturated rings. The standard InChI is InChI=1S/C15H28N4/c1-13(12-15-6-4-3-5-9-17-15)16-10-7-14-8-11-19(2)18-14/h8,11,13,15-17H,3-7,9-10,12H2,1-2H3. The van der Waals surface area contributed by atoms with Crippen LogP contribution in [0.2, 0.25) is 0 Å². The maximum Gasteiger partial charge on any atom is 0.0637 e. The molecule has 2 heterocycles. The number of rotatable bonds is 6. The molecule has 1 saturated heterocycles. The summed E-state index contributed by atoms with van der Waals surface area (Å²) in [4.78, 5) is 0. The first-order valence-electron chi connectivity index (χ1n) is 7.69. The molecule has 0 bridgehead atoms. The Hall–Kier alpha value is -0.870. The lowest BCUT2D eigenvalue weighted by Gasteiger charge is -2.21. The van der Waals surface area contributed by atoms with E-state index in [2.05, 4.69) is 28.7 Å². The van der Waals surface area contributed by atoms with Gasteiger partial charge in [0.15, 0.2) is 0 Å². The van der Waals surface area contributed by atoms with E-state index in [0.29, 0.717) is 12.1 Å². The van der Waals surface area contributed by atoms with E-state index in [4.69, 9.17) is 0 Å². The zero-order chi connectivity index (χ0) is 13.5. The summed E-state index contributed by atoms with van der Waals surface area (Å²) in [5.41, 5.74) is 1.18. The molecule has 1 aliphatic rings. The summed E-state index contributed by atoms with van der Waals surface area (Å²) in [5.74, 6) is 0. The number of aromatic nitrogens is 2. The van der Waals surface area contributed by atoms with Crippen molar-refractivity contribution < 1.29 is 0 Å². The van der Waals surface area contributed by atoms with Crippen LogP contribution >= 0.6 is 0 Å². The van der Waals surface area contributed by atoms with Crippen LogP contribution in [0.15, 0.2) is 12.3 Å². The SMILES string of the molecule is CC(CC1CCCCCN1)NCCc1ccn(C)n1. The highest BCUT2D eigenvalue weighted by Gasteiger charge is 2.14. The summed E-state index contributed by atoms with van der Waals surface area (Å²) in [6.45, 7) is 4.52. The highest BCUT2D eigenvalue weighted by Crippen LogP contribution is 2.12. The van der Waals surface area contributed by atoms with E-state index < -0.39 is 0 Å². The van der Waals surface area contributed by atoms with Gasteiger partial charge in [-0.1, -0.05) is 12.8 Å². The van der Waals surface area contributed by atoms with Crippen LogP contribution in [0.1, 0.15) is 44.7 Å². The first-order chi connectivity index (χ1) is 9.24. The van der Waals surface area contributed by atoms with Crippen molar-refractivity contribution >= 4 is 0 Å². The van der Waals surface area contributed by atoms with Crippen molar-refractivity contribution in [2.75, 3.05) is 13.1 Å². The van der Waals surface area contributed by atoms with Crippen molar-refractivity contribution in [1.29, 1.82) is 0 Å². The fourth-order valence-corrected chi connectivity index (χ4v) is 2.86. The van der Waals surface area contributed by atoms with Crippen LogP contribution < -0.4 is 10.6 Å². The number of hydrogen-bond acceptors (Lipinski definition) is 3. The Labute approximate surface area is 117 Å². The van der Waals surface area contributed by atoms with Gasteiger partial charge in [-0.15, -0.1) is 0 Å². The molecule has 1 aliphatic heterocycles. The van der Waals surface area contributed by atoms with E-state index in [0.717, 1.165) is 13.0 Å². The average Bonchev–Trinajstić information content (AvgIpc) is 2.63. The third-order valence-electron chi connectivity index (χ3n) is 3.94. The molecule has 2 rings (SSSR count). The molecule has 1 aromatic heterocycles. The van der Waals surface area contributed by atoms with E-state index in [1.54, 1.807) is 0 Å². The van der Waals surface area contributed by atoms with Crippen LogP contribution in [0.4, 0.5) is 0 Å². The second-order valence-corrected chi connectivity index (χ2v) is 5.82. The lowest BCUT2D eigenvalue weighted by atomic mass is 10.0. The molecular weight excluding hydrogens is 236 g/mol. The Bertz CT molecular complexity index is 353. The summed E-state index contributed by atoms with van der Waals surface area (Å²) in [6.07, 6.45) is 9.73. The molecule has 0 spiro atoms. The normalized spacial score (nSPS) is 22.1. The van der Waals surface area contributed by atoms with Crippen molar-refractivity contribution in [2.24, 2.45) is 7.05 Å². The van der Waals surface area contributed by atoms with E-state index in [9.17, 15) is 0 Å². The fourth-order valence-electron chi connectivity index (χ4n) is 2.86. The molecule has 2 unspecified atom stereocenters. The molecular formula is C15H28N4. The predicted molar refractivity (Wildman–Crippen MR) is 79.3 cm³/mol. The molecule has 2 N–H and O–H groups in total. The molecule has 4 heteroatoms. The van der Waals surface area contributed by atoms with Crippen molar-refractivity contribution in [3.63, 3.8) is 0 Å². The second-order valence-electron chi connectivity index (χ2n) is 5.82. The van der Waals surface area contributed by atoms with Crippen molar-refractivity contribution in [1.82, 2.24) is 20.4 Å². The molecule has 108 valence electrons. The first-order valence-corrected chi connectivity index (χ1v) is 7.69. The van der Waals surface area contributed by atoms with Crippen LogP contribution in [-0.2, 0) is 13.5 Å². The van der Waals surface area contributed by atoms with Gasteiger partial charge in [0.25, 0.3) is 0 Å². The molecule has 0 amide bonds. The minimum absolute atomic E-state index is 0.583. The number of hydrogen-bond donors (Lipinski definition) is 2. The van der Waals surface area contributed by atoms with Gasteiger partial charge in [0.1, 0.15) is 0 Å². The Morgan fingerprint density at radius 3 is 3.16 bits per heavy atom. The van der Waals surface area contributed by atoms with E-state index in [1.807, 2.05) is 17.9 Å². The van der Waals surface area contributed by atoms with Gasteiger partial charge in [0.05, 0.1) is 5.69 Å². The Morgan fingerprint density at radius 2 is 2.37 bits per heavy atom. The number of aryl methyl sites for hydroxylation is 1. The maximum atomic E-state index is 4.40. The van der Waals surface area contributed by atoms with Crippen LogP contribution in [-0.4, -0.2) is 35.0 Å². The predicted octanol–water partition coefficient (Wildman–Crippen LogP) is 1.86.